The molecule has 0 fully saturated rings. The minimum Gasteiger partial charge on any atom is -0.370 e. The van der Waals surface area contributed by atoms with Crippen LogP contribution in [0.2, 0.25) is 0 Å². The predicted molar refractivity (Wildman–Crippen MR) is 84.0 cm³/mol. The van der Waals surface area contributed by atoms with Gasteiger partial charge in [0.1, 0.15) is 17.5 Å². The van der Waals surface area contributed by atoms with Crippen LogP contribution >= 0.6 is 0 Å². The standard InChI is InChI=1S/C16H22N4/c1-3-10-17-15-11-16(20-14(4-2)19-15)18-12-13-8-6-5-7-9-13/h5-9,11H,3-4,10,12H2,1-2H3,(H2,17,18,19,20). The van der Waals surface area contributed by atoms with Crippen molar-refractivity contribution in [2.75, 3.05) is 17.2 Å². The normalized spacial score (nSPS) is 10.3. The first-order chi connectivity index (χ1) is 9.81. The molecule has 0 radical (unpaired) electrons. The molecule has 0 unspecified atom stereocenters. The van der Waals surface area contributed by atoms with E-state index in [-0.39, 0.29) is 0 Å². The van der Waals surface area contributed by atoms with Gasteiger partial charge in [-0.05, 0) is 12.0 Å². The van der Waals surface area contributed by atoms with Crippen molar-refractivity contribution < 1.29 is 0 Å². The number of benzene rings is 1. The molecule has 20 heavy (non-hydrogen) atoms. The third-order valence-electron chi connectivity index (χ3n) is 2.96. The lowest BCUT2D eigenvalue weighted by atomic mass is 10.2. The molecule has 2 aromatic rings. The van der Waals surface area contributed by atoms with Gasteiger partial charge in [-0.15, -0.1) is 0 Å². The minimum atomic E-state index is 0.772. The molecular weight excluding hydrogens is 248 g/mol. The van der Waals surface area contributed by atoms with Gasteiger partial charge in [-0.25, -0.2) is 9.97 Å². The Morgan fingerprint density at radius 3 is 2.30 bits per heavy atom. The second-order valence-corrected chi connectivity index (χ2v) is 4.67. The molecule has 4 nitrogen and oxygen atoms in total. The fourth-order valence-electron chi connectivity index (χ4n) is 1.88. The van der Waals surface area contributed by atoms with E-state index in [2.05, 4.69) is 46.6 Å². The predicted octanol–water partition coefficient (Wildman–Crippen LogP) is 3.47. The van der Waals surface area contributed by atoms with Crippen LogP contribution in [0.4, 0.5) is 11.6 Å². The Bertz CT molecular complexity index is 525. The lowest BCUT2D eigenvalue weighted by molar-refractivity contribution is 0.913. The highest BCUT2D eigenvalue weighted by molar-refractivity contribution is 5.47. The van der Waals surface area contributed by atoms with Gasteiger partial charge in [0.2, 0.25) is 0 Å². The summed E-state index contributed by atoms with van der Waals surface area (Å²) in [5.41, 5.74) is 1.24. The van der Waals surface area contributed by atoms with Crippen molar-refractivity contribution >= 4 is 11.6 Å². The highest BCUT2D eigenvalue weighted by Gasteiger charge is 2.03. The van der Waals surface area contributed by atoms with Crippen molar-refractivity contribution in [1.82, 2.24) is 9.97 Å². The number of anilines is 2. The molecule has 0 bridgehead atoms. The number of nitrogens with zero attached hydrogens (tertiary/aromatic N) is 2. The molecule has 0 saturated carbocycles. The molecule has 4 heteroatoms. The molecule has 1 aromatic carbocycles. The van der Waals surface area contributed by atoms with Gasteiger partial charge in [0.05, 0.1) is 0 Å². The van der Waals surface area contributed by atoms with Crippen LogP contribution in [0.15, 0.2) is 36.4 Å². The van der Waals surface area contributed by atoms with Crippen LogP contribution in [-0.4, -0.2) is 16.5 Å². The Balaban J connectivity index is 2.06. The van der Waals surface area contributed by atoms with Gasteiger partial charge >= 0.3 is 0 Å². The zero-order chi connectivity index (χ0) is 14.2. The van der Waals surface area contributed by atoms with Gasteiger partial charge in [0.15, 0.2) is 0 Å². The molecule has 1 heterocycles. The second kappa shape index (κ2) is 7.48. The second-order valence-electron chi connectivity index (χ2n) is 4.67. The van der Waals surface area contributed by atoms with Crippen LogP contribution in [0.1, 0.15) is 31.7 Å². The van der Waals surface area contributed by atoms with Crippen molar-refractivity contribution in [3.8, 4) is 0 Å². The molecule has 106 valence electrons. The average Bonchev–Trinajstić information content (AvgIpc) is 2.51. The van der Waals surface area contributed by atoms with Crippen molar-refractivity contribution in [3.05, 3.63) is 47.8 Å². The van der Waals surface area contributed by atoms with Gasteiger partial charge in [0.25, 0.3) is 0 Å². The van der Waals surface area contributed by atoms with Crippen LogP contribution in [-0.2, 0) is 13.0 Å². The van der Waals surface area contributed by atoms with Crippen LogP contribution in [0, 0.1) is 0 Å². The first-order valence-electron chi connectivity index (χ1n) is 7.21. The van der Waals surface area contributed by atoms with Gasteiger partial charge in [-0.2, -0.15) is 0 Å². The number of nitrogens with one attached hydrogen (secondary N) is 2. The summed E-state index contributed by atoms with van der Waals surface area (Å²) < 4.78 is 0. The van der Waals surface area contributed by atoms with Crippen molar-refractivity contribution in [2.45, 2.75) is 33.2 Å². The van der Waals surface area contributed by atoms with Crippen LogP contribution in [0.25, 0.3) is 0 Å². The number of hydrogen-bond donors (Lipinski definition) is 2. The summed E-state index contributed by atoms with van der Waals surface area (Å²) in [5.74, 6) is 2.63. The maximum atomic E-state index is 4.51. The molecular formula is C16H22N4. The summed E-state index contributed by atoms with van der Waals surface area (Å²) in [4.78, 5) is 8.99. The van der Waals surface area contributed by atoms with E-state index >= 15 is 0 Å². The van der Waals surface area contributed by atoms with Gasteiger partial charge in [-0.3, -0.25) is 0 Å². The summed E-state index contributed by atoms with van der Waals surface area (Å²) in [6, 6.07) is 12.3. The number of rotatable bonds is 7. The third-order valence-corrected chi connectivity index (χ3v) is 2.96. The topological polar surface area (TPSA) is 49.8 Å². The lowest BCUT2D eigenvalue weighted by Gasteiger charge is -2.10. The minimum absolute atomic E-state index is 0.772. The highest BCUT2D eigenvalue weighted by Crippen LogP contribution is 2.13. The zero-order valence-corrected chi connectivity index (χ0v) is 12.2. The van der Waals surface area contributed by atoms with Crippen LogP contribution < -0.4 is 10.6 Å². The van der Waals surface area contributed by atoms with Crippen molar-refractivity contribution in [1.29, 1.82) is 0 Å². The van der Waals surface area contributed by atoms with E-state index in [1.165, 1.54) is 5.56 Å². The summed E-state index contributed by atoms with van der Waals surface area (Å²) in [5, 5.41) is 6.68. The van der Waals surface area contributed by atoms with Gasteiger partial charge in [0, 0.05) is 25.6 Å². The van der Waals surface area contributed by atoms with E-state index in [0.717, 1.165) is 43.4 Å². The highest BCUT2D eigenvalue weighted by atomic mass is 15.1. The fourth-order valence-corrected chi connectivity index (χ4v) is 1.88. The number of aryl methyl sites for hydroxylation is 1. The molecule has 0 amide bonds. The molecule has 0 aliphatic carbocycles. The Morgan fingerprint density at radius 2 is 1.65 bits per heavy atom. The Labute approximate surface area is 120 Å². The van der Waals surface area contributed by atoms with Gasteiger partial charge < -0.3 is 10.6 Å². The summed E-state index contributed by atoms with van der Waals surface area (Å²) >= 11 is 0. The molecule has 0 aliphatic rings. The van der Waals surface area contributed by atoms with Crippen molar-refractivity contribution in [2.24, 2.45) is 0 Å². The van der Waals surface area contributed by atoms with Crippen molar-refractivity contribution in [3.63, 3.8) is 0 Å². The first kappa shape index (κ1) is 14.3. The third kappa shape index (κ3) is 4.23. The maximum Gasteiger partial charge on any atom is 0.132 e. The van der Waals surface area contributed by atoms with Crippen LogP contribution in [0.5, 0.6) is 0 Å². The Hall–Kier alpha value is -2.10. The molecule has 0 spiro atoms. The maximum absolute atomic E-state index is 4.51. The summed E-state index contributed by atoms with van der Waals surface area (Å²) in [6.07, 6.45) is 1.92. The van der Waals surface area contributed by atoms with E-state index in [4.69, 9.17) is 0 Å². The lowest BCUT2D eigenvalue weighted by Crippen LogP contribution is -2.08. The first-order valence-corrected chi connectivity index (χ1v) is 7.21. The monoisotopic (exact) mass is 270 g/mol. The number of hydrogen-bond acceptors (Lipinski definition) is 4. The fraction of sp³-hybridized carbons (Fsp3) is 0.375. The summed E-state index contributed by atoms with van der Waals surface area (Å²) in [7, 11) is 0. The number of aromatic nitrogens is 2. The molecule has 1 aromatic heterocycles. The molecule has 0 atom stereocenters. The molecule has 0 aliphatic heterocycles. The smallest absolute Gasteiger partial charge is 0.132 e. The molecule has 2 rings (SSSR count). The summed E-state index contributed by atoms with van der Waals surface area (Å²) in [6.45, 7) is 5.91. The Kier molecular flexibility index (Phi) is 5.35. The van der Waals surface area contributed by atoms with E-state index in [1.54, 1.807) is 0 Å². The molecule has 0 saturated heterocycles. The van der Waals surface area contributed by atoms with E-state index in [1.807, 2.05) is 24.3 Å². The largest absolute Gasteiger partial charge is 0.370 e. The zero-order valence-electron chi connectivity index (χ0n) is 12.2. The SMILES string of the molecule is CCCNc1cc(NCc2ccccc2)nc(CC)n1. The molecule has 2 N–H and O–H groups in total. The average molecular weight is 270 g/mol. The van der Waals surface area contributed by atoms with Gasteiger partial charge in [-0.1, -0.05) is 44.2 Å². The van der Waals surface area contributed by atoms with E-state index in [9.17, 15) is 0 Å². The van der Waals surface area contributed by atoms with E-state index < -0.39 is 0 Å². The van der Waals surface area contributed by atoms with Crippen LogP contribution in [0.3, 0.4) is 0 Å². The Morgan fingerprint density at radius 1 is 0.950 bits per heavy atom. The van der Waals surface area contributed by atoms with E-state index in [0.29, 0.717) is 0 Å². The quantitative estimate of drug-likeness (QED) is 0.809.